The number of rotatable bonds is 4. The average molecular weight is 314 g/mol. The number of carbonyl (C=O) groups is 1. The first kappa shape index (κ1) is 13.4. The number of halogens is 1. The first-order valence-electron chi connectivity index (χ1n) is 6.01. The van der Waals surface area contributed by atoms with Crippen molar-refractivity contribution in [3.8, 4) is 5.75 Å². The normalized spacial score (nSPS) is 23.6. The van der Waals surface area contributed by atoms with Crippen molar-refractivity contribution < 1.29 is 14.6 Å². The minimum absolute atomic E-state index is 0.0933. The fraction of sp³-hybridized carbons (Fsp3) is 0.462. The molecule has 1 aliphatic rings. The third-order valence-electron chi connectivity index (χ3n) is 3.03. The van der Waals surface area contributed by atoms with E-state index in [0.29, 0.717) is 0 Å². The molecule has 1 heterocycles. The Bertz CT molecular complexity index is 407. The van der Waals surface area contributed by atoms with Crippen LogP contribution in [0.5, 0.6) is 5.75 Å². The summed E-state index contributed by atoms with van der Waals surface area (Å²) in [5.41, 5.74) is 0. The summed E-state index contributed by atoms with van der Waals surface area (Å²) in [4.78, 5) is 10.7. The maximum atomic E-state index is 10.7. The molecule has 1 aromatic rings. The quantitative estimate of drug-likeness (QED) is 0.897. The van der Waals surface area contributed by atoms with Crippen LogP contribution < -0.4 is 10.1 Å². The van der Waals surface area contributed by atoms with Gasteiger partial charge in [0.25, 0.3) is 0 Å². The van der Waals surface area contributed by atoms with Crippen molar-refractivity contribution in [2.45, 2.75) is 25.5 Å². The number of hydrogen-bond donors (Lipinski definition) is 2. The third-order valence-corrected chi connectivity index (χ3v) is 3.56. The Balaban J connectivity index is 1.89. The van der Waals surface area contributed by atoms with Gasteiger partial charge >= 0.3 is 5.97 Å². The van der Waals surface area contributed by atoms with Crippen LogP contribution in [0.1, 0.15) is 19.3 Å². The van der Waals surface area contributed by atoms with E-state index in [9.17, 15) is 4.79 Å². The van der Waals surface area contributed by atoms with E-state index in [1.54, 1.807) is 0 Å². The summed E-state index contributed by atoms with van der Waals surface area (Å²) in [5.74, 6) is 0.264. The number of nitrogens with one attached hydrogen (secondary N) is 1. The highest BCUT2D eigenvalue weighted by molar-refractivity contribution is 9.10. The van der Waals surface area contributed by atoms with E-state index in [0.717, 1.165) is 29.6 Å². The maximum absolute atomic E-state index is 10.7. The summed E-state index contributed by atoms with van der Waals surface area (Å²) >= 11 is 3.37. The van der Waals surface area contributed by atoms with Crippen molar-refractivity contribution in [1.29, 1.82) is 0 Å². The molecule has 1 saturated heterocycles. The van der Waals surface area contributed by atoms with E-state index in [2.05, 4.69) is 21.2 Å². The number of carboxylic acid groups (broad SMARTS) is 1. The largest absolute Gasteiger partial charge is 0.481 e. The molecule has 0 bridgehead atoms. The van der Waals surface area contributed by atoms with Crippen molar-refractivity contribution in [2.75, 3.05) is 6.54 Å². The second kappa shape index (κ2) is 6.20. The SMILES string of the molecule is O=C(O)CC1CCNC(Oc2ccc(Br)cc2)C1. The Kier molecular flexibility index (Phi) is 4.60. The molecule has 0 saturated carbocycles. The van der Waals surface area contributed by atoms with E-state index in [1.807, 2.05) is 24.3 Å². The van der Waals surface area contributed by atoms with Crippen molar-refractivity contribution >= 4 is 21.9 Å². The first-order valence-corrected chi connectivity index (χ1v) is 6.80. The fourth-order valence-electron chi connectivity index (χ4n) is 2.15. The molecule has 5 heteroatoms. The van der Waals surface area contributed by atoms with Crippen molar-refractivity contribution in [2.24, 2.45) is 5.92 Å². The number of benzene rings is 1. The van der Waals surface area contributed by atoms with Crippen LogP contribution in [0.4, 0.5) is 0 Å². The average Bonchev–Trinajstić information content (AvgIpc) is 2.32. The van der Waals surface area contributed by atoms with Crippen LogP contribution in [0.15, 0.2) is 28.7 Å². The molecule has 2 unspecified atom stereocenters. The number of carboxylic acids is 1. The third kappa shape index (κ3) is 3.99. The van der Waals surface area contributed by atoms with Gasteiger partial charge in [-0.3, -0.25) is 10.1 Å². The van der Waals surface area contributed by atoms with E-state index in [4.69, 9.17) is 9.84 Å². The Hall–Kier alpha value is -1.07. The summed E-state index contributed by atoms with van der Waals surface area (Å²) in [6.07, 6.45) is 1.76. The summed E-state index contributed by atoms with van der Waals surface area (Å²) in [6.45, 7) is 0.805. The van der Waals surface area contributed by atoms with E-state index >= 15 is 0 Å². The summed E-state index contributed by atoms with van der Waals surface area (Å²) < 4.78 is 6.81. The number of aliphatic carboxylic acids is 1. The second-order valence-electron chi connectivity index (χ2n) is 4.50. The van der Waals surface area contributed by atoms with Crippen molar-refractivity contribution in [3.63, 3.8) is 0 Å². The molecule has 0 aliphatic carbocycles. The molecule has 2 rings (SSSR count). The molecule has 2 atom stereocenters. The molecule has 1 fully saturated rings. The Morgan fingerprint density at radius 2 is 2.17 bits per heavy atom. The molecule has 1 aliphatic heterocycles. The number of hydrogen-bond acceptors (Lipinski definition) is 3. The van der Waals surface area contributed by atoms with Gasteiger partial charge in [-0.05, 0) is 43.1 Å². The topological polar surface area (TPSA) is 58.6 Å². The van der Waals surface area contributed by atoms with E-state index in [-0.39, 0.29) is 18.6 Å². The predicted octanol–water partition coefficient (Wildman–Crippen LogP) is 2.63. The van der Waals surface area contributed by atoms with Crippen LogP contribution in [-0.2, 0) is 4.79 Å². The molecular weight excluding hydrogens is 298 g/mol. The zero-order chi connectivity index (χ0) is 13.0. The minimum Gasteiger partial charge on any atom is -0.481 e. The van der Waals surface area contributed by atoms with Crippen LogP contribution >= 0.6 is 15.9 Å². The van der Waals surface area contributed by atoms with Gasteiger partial charge in [-0.2, -0.15) is 0 Å². The number of piperidine rings is 1. The zero-order valence-electron chi connectivity index (χ0n) is 9.93. The molecule has 0 radical (unpaired) electrons. The molecule has 98 valence electrons. The summed E-state index contributed by atoms with van der Waals surface area (Å²) in [7, 11) is 0. The lowest BCUT2D eigenvalue weighted by molar-refractivity contribution is -0.138. The lowest BCUT2D eigenvalue weighted by Gasteiger charge is -2.29. The van der Waals surface area contributed by atoms with Gasteiger partial charge in [-0.1, -0.05) is 15.9 Å². The first-order chi connectivity index (χ1) is 8.63. The zero-order valence-corrected chi connectivity index (χ0v) is 11.5. The van der Waals surface area contributed by atoms with Crippen molar-refractivity contribution in [3.05, 3.63) is 28.7 Å². The van der Waals surface area contributed by atoms with Gasteiger partial charge in [0.2, 0.25) is 0 Å². The lowest BCUT2D eigenvalue weighted by atomic mass is 9.93. The highest BCUT2D eigenvalue weighted by atomic mass is 79.9. The van der Waals surface area contributed by atoms with Gasteiger partial charge in [-0.25, -0.2) is 0 Å². The van der Waals surface area contributed by atoms with Crippen LogP contribution in [0, 0.1) is 5.92 Å². The molecule has 18 heavy (non-hydrogen) atoms. The molecule has 0 spiro atoms. The summed E-state index contributed by atoms with van der Waals surface area (Å²) in [5, 5.41) is 12.1. The fourth-order valence-corrected chi connectivity index (χ4v) is 2.42. The standard InChI is InChI=1S/C13H16BrNO3/c14-10-1-3-11(4-2-10)18-12-7-9(5-6-15-12)8-13(16)17/h1-4,9,12,15H,5-8H2,(H,16,17). The van der Waals surface area contributed by atoms with E-state index in [1.165, 1.54) is 0 Å². The van der Waals surface area contributed by atoms with E-state index < -0.39 is 5.97 Å². The van der Waals surface area contributed by atoms with Crippen molar-refractivity contribution in [1.82, 2.24) is 5.32 Å². The Morgan fingerprint density at radius 3 is 2.83 bits per heavy atom. The van der Waals surface area contributed by atoms with Gasteiger partial charge in [-0.15, -0.1) is 0 Å². The van der Waals surface area contributed by atoms with Crippen LogP contribution in [-0.4, -0.2) is 23.8 Å². The second-order valence-corrected chi connectivity index (χ2v) is 5.42. The summed E-state index contributed by atoms with van der Waals surface area (Å²) in [6, 6.07) is 7.64. The molecule has 1 aromatic carbocycles. The monoisotopic (exact) mass is 313 g/mol. The Labute approximate surface area is 114 Å². The molecule has 4 nitrogen and oxygen atoms in total. The minimum atomic E-state index is -0.732. The molecule has 2 N–H and O–H groups in total. The molecular formula is C13H16BrNO3. The maximum Gasteiger partial charge on any atom is 0.303 e. The van der Waals surface area contributed by atoms with Gasteiger partial charge in [0, 0.05) is 17.3 Å². The van der Waals surface area contributed by atoms with Gasteiger partial charge in [0.05, 0.1) is 0 Å². The van der Waals surface area contributed by atoms with Gasteiger partial charge in [0.15, 0.2) is 0 Å². The highest BCUT2D eigenvalue weighted by Crippen LogP contribution is 2.23. The van der Waals surface area contributed by atoms with Crippen LogP contribution in [0.25, 0.3) is 0 Å². The predicted molar refractivity (Wildman–Crippen MR) is 71.5 cm³/mol. The van der Waals surface area contributed by atoms with Crippen LogP contribution in [0.2, 0.25) is 0 Å². The highest BCUT2D eigenvalue weighted by Gasteiger charge is 2.24. The molecule has 0 aromatic heterocycles. The lowest BCUT2D eigenvalue weighted by Crippen LogP contribution is -2.42. The molecule has 0 amide bonds. The Morgan fingerprint density at radius 1 is 1.44 bits per heavy atom. The number of ether oxygens (including phenoxy) is 1. The van der Waals surface area contributed by atoms with Gasteiger partial charge in [0.1, 0.15) is 12.0 Å². The smallest absolute Gasteiger partial charge is 0.303 e. The van der Waals surface area contributed by atoms with Gasteiger partial charge < -0.3 is 9.84 Å². The van der Waals surface area contributed by atoms with Crippen LogP contribution in [0.3, 0.4) is 0 Å².